The molecular weight excluding hydrogens is 240 g/mol. The van der Waals surface area contributed by atoms with E-state index in [0.717, 1.165) is 0 Å². The maximum absolute atomic E-state index is 12.1. The van der Waals surface area contributed by atoms with Gasteiger partial charge in [0.25, 0.3) is 5.91 Å². The highest BCUT2D eigenvalue weighted by molar-refractivity contribution is 5.95. The molecule has 0 bridgehead atoms. The highest BCUT2D eigenvalue weighted by Crippen LogP contribution is 2.15. The van der Waals surface area contributed by atoms with Crippen molar-refractivity contribution in [3.05, 3.63) is 35.4 Å². The molecule has 0 spiro atoms. The van der Waals surface area contributed by atoms with Gasteiger partial charge in [0.2, 0.25) is 5.91 Å². The van der Waals surface area contributed by atoms with Crippen LogP contribution in [0, 0.1) is 0 Å². The van der Waals surface area contributed by atoms with Gasteiger partial charge in [-0.1, -0.05) is 26.0 Å². The number of likely N-dealkylation sites (tertiary alicyclic amines) is 1. The maximum Gasteiger partial charge on any atom is 0.251 e. The van der Waals surface area contributed by atoms with Crippen LogP contribution in [-0.4, -0.2) is 36.3 Å². The summed E-state index contributed by atoms with van der Waals surface area (Å²) < 4.78 is 0. The zero-order valence-electron chi connectivity index (χ0n) is 11.6. The molecule has 0 aromatic heterocycles. The highest BCUT2D eigenvalue weighted by atomic mass is 16.2. The molecule has 1 aromatic rings. The van der Waals surface area contributed by atoms with Gasteiger partial charge in [-0.2, -0.15) is 0 Å². The lowest BCUT2D eigenvalue weighted by atomic mass is 10.0. The average Bonchev–Trinajstić information content (AvgIpc) is 2.68. The second-order valence-electron chi connectivity index (χ2n) is 5.43. The molecule has 0 radical (unpaired) electrons. The summed E-state index contributed by atoms with van der Waals surface area (Å²) in [5, 5.41) is 2.90. The van der Waals surface area contributed by atoms with Gasteiger partial charge < -0.3 is 10.2 Å². The van der Waals surface area contributed by atoms with Crippen LogP contribution in [0.25, 0.3) is 0 Å². The molecule has 2 rings (SSSR count). The SMILES string of the molecule is CC(C)c1ccc(C(=O)NC2CC(=O)N(C)C2)cc1. The van der Waals surface area contributed by atoms with E-state index < -0.39 is 0 Å². The van der Waals surface area contributed by atoms with Gasteiger partial charge in [-0.15, -0.1) is 0 Å². The van der Waals surface area contributed by atoms with Crippen molar-refractivity contribution in [1.29, 1.82) is 0 Å². The summed E-state index contributed by atoms with van der Waals surface area (Å²) in [5.41, 5.74) is 1.86. The number of carbonyl (C=O) groups excluding carboxylic acids is 2. The largest absolute Gasteiger partial charge is 0.347 e. The Morgan fingerprint density at radius 3 is 2.42 bits per heavy atom. The van der Waals surface area contributed by atoms with Crippen molar-refractivity contribution in [1.82, 2.24) is 10.2 Å². The van der Waals surface area contributed by atoms with Gasteiger partial charge >= 0.3 is 0 Å². The number of hydrogen-bond donors (Lipinski definition) is 1. The lowest BCUT2D eigenvalue weighted by Gasteiger charge is -2.13. The number of nitrogens with one attached hydrogen (secondary N) is 1. The molecule has 1 N–H and O–H groups in total. The summed E-state index contributed by atoms with van der Waals surface area (Å²) >= 11 is 0. The second-order valence-corrected chi connectivity index (χ2v) is 5.43. The Morgan fingerprint density at radius 1 is 1.32 bits per heavy atom. The summed E-state index contributed by atoms with van der Waals surface area (Å²) in [4.78, 5) is 25.1. The number of benzene rings is 1. The third kappa shape index (κ3) is 3.13. The second kappa shape index (κ2) is 5.43. The van der Waals surface area contributed by atoms with E-state index in [1.807, 2.05) is 24.3 Å². The first-order valence-corrected chi connectivity index (χ1v) is 6.62. The summed E-state index contributed by atoms with van der Waals surface area (Å²) in [6, 6.07) is 7.56. The Balaban J connectivity index is 1.98. The molecule has 1 aromatic carbocycles. The molecule has 1 unspecified atom stereocenters. The van der Waals surface area contributed by atoms with Crippen LogP contribution in [0.2, 0.25) is 0 Å². The van der Waals surface area contributed by atoms with Gasteiger partial charge in [0, 0.05) is 25.6 Å². The minimum absolute atomic E-state index is 0.0743. The van der Waals surface area contributed by atoms with Crippen molar-refractivity contribution in [3.63, 3.8) is 0 Å². The van der Waals surface area contributed by atoms with Crippen LogP contribution in [0.15, 0.2) is 24.3 Å². The molecule has 0 aliphatic carbocycles. The summed E-state index contributed by atoms with van der Waals surface area (Å²) in [6.45, 7) is 4.83. The van der Waals surface area contributed by atoms with Gasteiger partial charge in [-0.3, -0.25) is 9.59 Å². The van der Waals surface area contributed by atoms with E-state index >= 15 is 0 Å². The van der Waals surface area contributed by atoms with E-state index in [0.29, 0.717) is 24.4 Å². The van der Waals surface area contributed by atoms with Crippen molar-refractivity contribution in [2.24, 2.45) is 0 Å². The molecule has 1 fully saturated rings. The fourth-order valence-electron chi connectivity index (χ4n) is 2.25. The number of carbonyl (C=O) groups is 2. The first kappa shape index (κ1) is 13.6. The fourth-order valence-corrected chi connectivity index (χ4v) is 2.25. The van der Waals surface area contributed by atoms with Crippen LogP contribution in [-0.2, 0) is 4.79 Å². The molecule has 102 valence electrons. The average molecular weight is 260 g/mol. The fraction of sp³-hybridized carbons (Fsp3) is 0.467. The third-order valence-corrected chi connectivity index (χ3v) is 3.52. The van der Waals surface area contributed by atoms with E-state index in [2.05, 4.69) is 19.2 Å². The lowest BCUT2D eigenvalue weighted by Crippen LogP contribution is -2.36. The van der Waals surface area contributed by atoms with Crippen LogP contribution in [0.1, 0.15) is 42.1 Å². The number of rotatable bonds is 3. The highest BCUT2D eigenvalue weighted by Gasteiger charge is 2.27. The van der Waals surface area contributed by atoms with Crippen LogP contribution in [0.5, 0.6) is 0 Å². The summed E-state index contributed by atoms with van der Waals surface area (Å²) in [7, 11) is 1.76. The molecule has 1 saturated heterocycles. The number of likely N-dealkylation sites (N-methyl/N-ethyl adjacent to an activating group) is 1. The molecule has 4 nitrogen and oxygen atoms in total. The van der Waals surface area contributed by atoms with E-state index in [-0.39, 0.29) is 17.9 Å². The van der Waals surface area contributed by atoms with Crippen LogP contribution in [0.4, 0.5) is 0 Å². The molecule has 2 amide bonds. The molecule has 1 atom stereocenters. The van der Waals surface area contributed by atoms with Crippen molar-refractivity contribution in [3.8, 4) is 0 Å². The standard InChI is InChI=1S/C15H20N2O2/c1-10(2)11-4-6-12(7-5-11)15(19)16-13-8-14(18)17(3)9-13/h4-7,10,13H,8-9H2,1-3H3,(H,16,19). The normalized spacial score (nSPS) is 19.1. The van der Waals surface area contributed by atoms with E-state index in [9.17, 15) is 9.59 Å². The van der Waals surface area contributed by atoms with E-state index in [4.69, 9.17) is 0 Å². The van der Waals surface area contributed by atoms with E-state index in [1.165, 1.54) is 5.56 Å². The van der Waals surface area contributed by atoms with Gasteiger partial charge in [0.1, 0.15) is 0 Å². The summed E-state index contributed by atoms with van der Waals surface area (Å²) in [5.74, 6) is 0.432. The maximum atomic E-state index is 12.1. The molecule has 4 heteroatoms. The smallest absolute Gasteiger partial charge is 0.251 e. The minimum atomic E-state index is -0.108. The predicted octanol–water partition coefficient (Wildman–Crippen LogP) is 1.77. The Bertz CT molecular complexity index is 479. The van der Waals surface area contributed by atoms with Crippen molar-refractivity contribution < 1.29 is 9.59 Å². The molecule has 1 aliphatic heterocycles. The first-order chi connectivity index (χ1) is 8.97. The molecular formula is C15H20N2O2. The predicted molar refractivity (Wildman–Crippen MR) is 74.0 cm³/mol. The number of hydrogen-bond acceptors (Lipinski definition) is 2. The molecule has 1 aliphatic rings. The number of amides is 2. The van der Waals surface area contributed by atoms with Crippen LogP contribution in [0.3, 0.4) is 0 Å². The van der Waals surface area contributed by atoms with Crippen molar-refractivity contribution in [2.75, 3.05) is 13.6 Å². The van der Waals surface area contributed by atoms with E-state index in [1.54, 1.807) is 11.9 Å². The molecule has 0 saturated carbocycles. The zero-order valence-corrected chi connectivity index (χ0v) is 11.6. The van der Waals surface area contributed by atoms with Gasteiger partial charge in [-0.05, 0) is 23.6 Å². The Kier molecular flexibility index (Phi) is 3.88. The first-order valence-electron chi connectivity index (χ1n) is 6.62. The summed E-state index contributed by atoms with van der Waals surface area (Å²) in [6.07, 6.45) is 0.395. The van der Waals surface area contributed by atoms with Gasteiger partial charge in [-0.25, -0.2) is 0 Å². The van der Waals surface area contributed by atoms with Crippen molar-refractivity contribution >= 4 is 11.8 Å². The Morgan fingerprint density at radius 2 is 1.95 bits per heavy atom. The van der Waals surface area contributed by atoms with Gasteiger partial charge in [0.15, 0.2) is 0 Å². The Hall–Kier alpha value is -1.84. The Labute approximate surface area is 113 Å². The van der Waals surface area contributed by atoms with Crippen molar-refractivity contribution in [2.45, 2.75) is 32.2 Å². The van der Waals surface area contributed by atoms with Gasteiger partial charge in [0.05, 0.1) is 6.04 Å². The minimum Gasteiger partial charge on any atom is -0.347 e. The third-order valence-electron chi connectivity index (χ3n) is 3.52. The topological polar surface area (TPSA) is 49.4 Å². The molecule has 1 heterocycles. The molecule has 19 heavy (non-hydrogen) atoms. The monoisotopic (exact) mass is 260 g/mol. The number of nitrogens with zero attached hydrogens (tertiary/aromatic N) is 1. The van der Waals surface area contributed by atoms with Crippen LogP contribution >= 0.6 is 0 Å². The quantitative estimate of drug-likeness (QED) is 0.900. The zero-order chi connectivity index (χ0) is 14.0. The lowest BCUT2D eigenvalue weighted by molar-refractivity contribution is -0.126. The van der Waals surface area contributed by atoms with Crippen LogP contribution < -0.4 is 5.32 Å².